The average molecular weight is 510 g/mol. The van der Waals surface area contributed by atoms with Gasteiger partial charge in [0.2, 0.25) is 0 Å². The van der Waals surface area contributed by atoms with Crippen molar-refractivity contribution in [2.24, 2.45) is 5.92 Å². The Balaban J connectivity index is 2.21. The molecule has 2 aromatic carbocycles. The fourth-order valence-corrected chi connectivity index (χ4v) is 3.98. The molecule has 176 valence electrons. The molecule has 0 fully saturated rings. The Kier molecular flexibility index (Phi) is 8.18. The summed E-state index contributed by atoms with van der Waals surface area (Å²) in [4.78, 5) is 13.1. The van der Waals surface area contributed by atoms with Gasteiger partial charge in [0.25, 0.3) is 16.0 Å². The molecule has 0 saturated carbocycles. The minimum Gasteiger partial charge on any atom is -0.350 e. The van der Waals surface area contributed by atoms with E-state index in [2.05, 4.69) is 10.4 Å². The van der Waals surface area contributed by atoms with Gasteiger partial charge >= 0.3 is 0 Å². The minimum absolute atomic E-state index is 0.139. The number of para-hydroxylation sites is 1. The van der Waals surface area contributed by atoms with Crippen LogP contribution in [0.1, 0.15) is 29.9 Å². The highest BCUT2D eigenvalue weighted by Gasteiger charge is 2.26. The highest BCUT2D eigenvalue weighted by molar-refractivity contribution is 7.85. The summed E-state index contributed by atoms with van der Waals surface area (Å²) >= 11 is 12.6. The van der Waals surface area contributed by atoms with E-state index in [1.54, 1.807) is 35.0 Å². The summed E-state index contributed by atoms with van der Waals surface area (Å²) in [6.45, 7) is 4.30. The largest absolute Gasteiger partial charge is 0.350 e. The molecule has 0 aliphatic heterocycles. The molecule has 0 aliphatic rings. The quantitative estimate of drug-likeness (QED) is 0.420. The van der Waals surface area contributed by atoms with Gasteiger partial charge in [0.1, 0.15) is 0 Å². The van der Waals surface area contributed by atoms with Crippen molar-refractivity contribution in [2.75, 3.05) is 19.4 Å². The van der Waals surface area contributed by atoms with Gasteiger partial charge in [-0.05, 0) is 30.2 Å². The van der Waals surface area contributed by atoms with Gasteiger partial charge in [-0.1, -0.05) is 61.3 Å². The topological polar surface area (TPSA) is 90.3 Å². The number of rotatable bonds is 9. The molecule has 1 N–H and O–H groups in total. The third kappa shape index (κ3) is 6.57. The van der Waals surface area contributed by atoms with Crippen LogP contribution in [0.25, 0.3) is 16.9 Å². The lowest BCUT2D eigenvalue weighted by Gasteiger charge is -2.12. The van der Waals surface area contributed by atoms with Gasteiger partial charge in [0, 0.05) is 29.1 Å². The lowest BCUT2D eigenvalue weighted by Crippen LogP contribution is -2.28. The Morgan fingerprint density at radius 3 is 2.39 bits per heavy atom. The van der Waals surface area contributed by atoms with Crippen LogP contribution in [-0.2, 0) is 20.7 Å². The molecule has 1 aromatic heterocycles. The van der Waals surface area contributed by atoms with Gasteiger partial charge in [-0.2, -0.15) is 13.5 Å². The van der Waals surface area contributed by atoms with E-state index in [0.717, 1.165) is 11.8 Å². The van der Waals surface area contributed by atoms with Crippen LogP contribution in [0.4, 0.5) is 0 Å². The van der Waals surface area contributed by atoms with Crippen molar-refractivity contribution in [3.63, 3.8) is 0 Å². The first kappa shape index (κ1) is 25.2. The molecule has 1 amide bonds. The second kappa shape index (κ2) is 10.7. The van der Waals surface area contributed by atoms with Crippen LogP contribution in [0.5, 0.6) is 0 Å². The van der Waals surface area contributed by atoms with Gasteiger partial charge in [-0.15, -0.1) is 0 Å². The third-order valence-electron chi connectivity index (χ3n) is 4.72. The van der Waals surface area contributed by atoms with Crippen molar-refractivity contribution >= 4 is 39.2 Å². The zero-order valence-corrected chi connectivity index (χ0v) is 20.8. The molecule has 10 heteroatoms. The number of hydrogen-bond donors (Lipinski definition) is 1. The average Bonchev–Trinajstić information content (AvgIpc) is 3.11. The molecular weight excluding hydrogens is 485 g/mol. The second-order valence-electron chi connectivity index (χ2n) is 7.93. The smallest absolute Gasteiger partial charge is 0.272 e. The van der Waals surface area contributed by atoms with Crippen molar-refractivity contribution in [3.8, 4) is 16.9 Å². The van der Waals surface area contributed by atoms with Gasteiger partial charge in [-0.3, -0.25) is 8.98 Å². The van der Waals surface area contributed by atoms with E-state index in [9.17, 15) is 13.2 Å². The zero-order valence-electron chi connectivity index (χ0n) is 18.5. The third-order valence-corrected chi connectivity index (χ3v) is 5.88. The predicted octanol–water partition coefficient (Wildman–Crippen LogP) is 4.75. The molecular formula is C23H25Cl2N3O4S. The molecule has 0 atom stereocenters. The normalized spacial score (nSPS) is 11.7. The van der Waals surface area contributed by atoms with Crippen LogP contribution in [0, 0.1) is 5.92 Å². The molecule has 33 heavy (non-hydrogen) atoms. The van der Waals surface area contributed by atoms with Crippen LogP contribution in [-0.4, -0.2) is 43.5 Å². The molecule has 0 saturated heterocycles. The van der Waals surface area contributed by atoms with Crippen LogP contribution in [0.3, 0.4) is 0 Å². The number of hydrogen-bond acceptors (Lipinski definition) is 5. The van der Waals surface area contributed by atoms with E-state index < -0.39 is 10.1 Å². The SMILES string of the molecule is CC(C)CNC(=O)c1nn(-c2ccccc2Cl)c(-c2ccc(Cl)cc2)c1CCOS(C)(=O)=O. The Labute approximate surface area is 203 Å². The van der Waals surface area contributed by atoms with Gasteiger partial charge in [-0.25, -0.2) is 4.68 Å². The van der Waals surface area contributed by atoms with Crippen molar-refractivity contribution in [1.29, 1.82) is 0 Å². The summed E-state index contributed by atoms with van der Waals surface area (Å²) < 4.78 is 29.6. The Bertz CT molecular complexity index is 1240. The molecule has 1 heterocycles. The molecule has 0 unspecified atom stereocenters. The van der Waals surface area contributed by atoms with Crippen molar-refractivity contribution in [1.82, 2.24) is 15.1 Å². The van der Waals surface area contributed by atoms with Crippen LogP contribution < -0.4 is 5.32 Å². The number of amides is 1. The first-order valence-electron chi connectivity index (χ1n) is 10.3. The van der Waals surface area contributed by atoms with E-state index in [4.69, 9.17) is 27.4 Å². The minimum atomic E-state index is -3.65. The van der Waals surface area contributed by atoms with E-state index in [-0.39, 0.29) is 30.5 Å². The molecule has 7 nitrogen and oxygen atoms in total. The fourth-order valence-electron chi connectivity index (χ4n) is 3.25. The summed E-state index contributed by atoms with van der Waals surface area (Å²) in [7, 11) is -3.65. The summed E-state index contributed by atoms with van der Waals surface area (Å²) in [5.74, 6) is -0.119. The highest BCUT2D eigenvalue weighted by atomic mass is 35.5. The van der Waals surface area contributed by atoms with Crippen LogP contribution in [0.2, 0.25) is 10.0 Å². The number of carbonyl (C=O) groups excluding carboxylic acids is 1. The standard InChI is InChI=1S/C23H25Cl2N3O4S/c1-15(2)14-26-23(29)21-18(12-13-32-33(3,30)31)22(16-8-10-17(24)11-9-16)28(27-21)20-7-5-4-6-19(20)25/h4-11,15H,12-14H2,1-3H3,(H,26,29). The zero-order chi connectivity index (χ0) is 24.2. The fraction of sp³-hybridized carbons (Fsp3) is 0.304. The Hall–Kier alpha value is -2.39. The Morgan fingerprint density at radius 2 is 1.79 bits per heavy atom. The molecule has 3 aromatic rings. The first-order valence-corrected chi connectivity index (χ1v) is 12.9. The summed E-state index contributed by atoms with van der Waals surface area (Å²) in [5, 5.41) is 8.50. The highest BCUT2D eigenvalue weighted by Crippen LogP contribution is 2.33. The maximum atomic E-state index is 13.1. The lowest BCUT2D eigenvalue weighted by molar-refractivity contribution is 0.0942. The number of halogens is 2. The van der Waals surface area contributed by atoms with Crippen molar-refractivity contribution in [2.45, 2.75) is 20.3 Å². The van der Waals surface area contributed by atoms with Crippen molar-refractivity contribution < 1.29 is 17.4 Å². The van der Waals surface area contributed by atoms with Crippen LogP contribution in [0.15, 0.2) is 48.5 Å². The predicted molar refractivity (Wildman–Crippen MR) is 131 cm³/mol. The first-order chi connectivity index (χ1) is 15.6. The van der Waals surface area contributed by atoms with Crippen LogP contribution >= 0.6 is 23.2 Å². The van der Waals surface area contributed by atoms with E-state index in [1.165, 1.54) is 0 Å². The number of aromatic nitrogens is 2. The van der Waals surface area contributed by atoms with Gasteiger partial charge in [0.15, 0.2) is 5.69 Å². The van der Waals surface area contributed by atoms with E-state index >= 15 is 0 Å². The maximum Gasteiger partial charge on any atom is 0.272 e. The molecule has 0 radical (unpaired) electrons. The molecule has 0 aliphatic carbocycles. The van der Waals surface area contributed by atoms with Gasteiger partial charge < -0.3 is 5.32 Å². The second-order valence-corrected chi connectivity index (χ2v) is 10.4. The number of carbonyl (C=O) groups is 1. The lowest BCUT2D eigenvalue weighted by atomic mass is 10.0. The molecule has 3 rings (SSSR count). The van der Waals surface area contributed by atoms with E-state index in [1.807, 2.05) is 32.0 Å². The number of nitrogens with zero attached hydrogens (tertiary/aromatic N) is 2. The maximum absolute atomic E-state index is 13.1. The van der Waals surface area contributed by atoms with Gasteiger partial charge in [0.05, 0.1) is 29.3 Å². The summed E-state index contributed by atoms with van der Waals surface area (Å²) in [5.41, 5.74) is 2.65. The van der Waals surface area contributed by atoms with Crippen molar-refractivity contribution in [3.05, 3.63) is 69.8 Å². The summed E-state index contributed by atoms with van der Waals surface area (Å²) in [6.07, 6.45) is 1.12. The number of nitrogens with one attached hydrogen (secondary N) is 1. The van der Waals surface area contributed by atoms with E-state index in [0.29, 0.717) is 33.5 Å². The monoisotopic (exact) mass is 509 g/mol. The molecule has 0 spiro atoms. The summed E-state index contributed by atoms with van der Waals surface area (Å²) in [6, 6.07) is 14.2. The molecule has 0 bridgehead atoms. The Morgan fingerprint density at radius 1 is 1.12 bits per heavy atom. The number of benzene rings is 2.